The first-order valence-electron chi connectivity index (χ1n) is 6.07. The number of benzene rings is 1. The molecule has 2 rings (SSSR count). The van der Waals surface area contributed by atoms with Gasteiger partial charge >= 0.3 is 0 Å². The molecular weight excluding hydrogens is 234 g/mol. The van der Waals surface area contributed by atoms with E-state index in [9.17, 15) is 15.0 Å². The number of phenolic OH excluding ortho intramolecular Hbond substituents is 2. The van der Waals surface area contributed by atoms with E-state index in [1.807, 2.05) is 0 Å². The number of nitrogens with one attached hydrogen (secondary N) is 1. The molecular formula is C13H17NO4. The monoisotopic (exact) mass is 251 g/mol. The molecule has 1 aromatic rings. The topological polar surface area (TPSA) is 89.8 Å². The maximum atomic E-state index is 11.4. The van der Waals surface area contributed by atoms with Gasteiger partial charge in [0.25, 0.3) is 0 Å². The fraction of sp³-hybridized carbons (Fsp3) is 0.462. The van der Waals surface area contributed by atoms with Crippen LogP contribution in [0.5, 0.6) is 11.5 Å². The molecule has 1 aliphatic carbocycles. The number of rotatable bonds is 2. The predicted octanol–water partition coefficient (Wildman–Crippen LogP) is 1.88. The molecule has 0 spiro atoms. The molecule has 1 aromatic carbocycles. The Morgan fingerprint density at radius 2 is 2.06 bits per heavy atom. The number of phenols is 2. The fourth-order valence-electron chi connectivity index (χ4n) is 2.68. The van der Waals surface area contributed by atoms with Crippen LogP contribution in [-0.2, 0) is 4.79 Å². The second kappa shape index (κ2) is 5.27. The zero-order valence-electron chi connectivity index (χ0n) is 9.97. The summed E-state index contributed by atoms with van der Waals surface area (Å²) in [4.78, 5) is 11.4. The van der Waals surface area contributed by atoms with Crippen molar-refractivity contribution in [2.45, 2.75) is 31.6 Å². The van der Waals surface area contributed by atoms with Crippen molar-refractivity contribution in [1.29, 1.82) is 0 Å². The molecule has 18 heavy (non-hydrogen) atoms. The lowest BCUT2D eigenvalue weighted by Gasteiger charge is -2.28. The molecule has 2 atom stereocenters. The highest BCUT2D eigenvalue weighted by Gasteiger charge is 2.29. The molecule has 0 bridgehead atoms. The molecule has 5 nitrogen and oxygen atoms in total. The van der Waals surface area contributed by atoms with Crippen molar-refractivity contribution in [3.05, 3.63) is 23.8 Å². The minimum atomic E-state index is -0.363. The van der Waals surface area contributed by atoms with Gasteiger partial charge in [0.05, 0.1) is 0 Å². The minimum absolute atomic E-state index is 0.0247. The van der Waals surface area contributed by atoms with E-state index < -0.39 is 0 Å². The molecule has 1 fully saturated rings. The van der Waals surface area contributed by atoms with Crippen LogP contribution in [0.4, 0.5) is 0 Å². The Bertz CT molecular complexity index is 447. The summed E-state index contributed by atoms with van der Waals surface area (Å²) in [6.07, 6.45) is 3.13. The van der Waals surface area contributed by atoms with Crippen molar-refractivity contribution in [3.63, 3.8) is 0 Å². The molecule has 4 N–H and O–H groups in total. The van der Waals surface area contributed by atoms with Crippen molar-refractivity contribution in [1.82, 2.24) is 5.48 Å². The van der Waals surface area contributed by atoms with Crippen molar-refractivity contribution in [2.75, 3.05) is 0 Å². The lowest BCUT2D eigenvalue weighted by molar-refractivity contribution is -0.134. The first kappa shape index (κ1) is 12.7. The van der Waals surface area contributed by atoms with Gasteiger partial charge in [0.1, 0.15) is 11.5 Å². The third-order valence-corrected chi connectivity index (χ3v) is 3.61. The van der Waals surface area contributed by atoms with Gasteiger partial charge < -0.3 is 10.2 Å². The maximum absolute atomic E-state index is 11.4. The summed E-state index contributed by atoms with van der Waals surface area (Å²) in [6, 6.07) is 4.53. The van der Waals surface area contributed by atoms with Crippen LogP contribution in [0.2, 0.25) is 0 Å². The molecule has 1 amide bonds. The second-order valence-electron chi connectivity index (χ2n) is 4.78. The molecule has 1 aliphatic rings. The van der Waals surface area contributed by atoms with Crippen molar-refractivity contribution in [2.24, 2.45) is 5.92 Å². The highest BCUT2D eigenvalue weighted by molar-refractivity contribution is 5.77. The lowest BCUT2D eigenvalue weighted by Crippen LogP contribution is -2.31. The van der Waals surface area contributed by atoms with Crippen LogP contribution >= 0.6 is 0 Å². The zero-order valence-corrected chi connectivity index (χ0v) is 9.97. The lowest BCUT2D eigenvalue weighted by atomic mass is 9.77. The Hall–Kier alpha value is -1.75. The highest BCUT2D eigenvalue weighted by atomic mass is 16.5. The first-order chi connectivity index (χ1) is 8.61. The normalized spacial score (nSPS) is 23.6. The van der Waals surface area contributed by atoms with Gasteiger partial charge in [0, 0.05) is 12.0 Å². The van der Waals surface area contributed by atoms with Crippen LogP contribution in [0.3, 0.4) is 0 Å². The van der Waals surface area contributed by atoms with E-state index >= 15 is 0 Å². The van der Waals surface area contributed by atoms with E-state index in [1.54, 1.807) is 11.5 Å². The van der Waals surface area contributed by atoms with Crippen molar-refractivity contribution in [3.8, 4) is 11.5 Å². The Labute approximate surface area is 105 Å². The third kappa shape index (κ3) is 2.56. The standard InChI is InChI=1S/C13H17NO4/c15-10-4-5-11(12(16)7-10)8-2-1-3-9(6-8)13(17)14-18/h4-5,7-9,15-16,18H,1-3,6H2,(H,14,17). The molecule has 2 unspecified atom stereocenters. The van der Waals surface area contributed by atoms with Crippen LogP contribution in [0.15, 0.2) is 18.2 Å². The molecule has 0 heterocycles. The highest BCUT2D eigenvalue weighted by Crippen LogP contribution is 2.40. The number of hydrogen-bond acceptors (Lipinski definition) is 4. The fourth-order valence-corrected chi connectivity index (χ4v) is 2.68. The van der Waals surface area contributed by atoms with Crippen molar-refractivity contribution < 1.29 is 20.2 Å². The summed E-state index contributed by atoms with van der Waals surface area (Å²) < 4.78 is 0. The van der Waals surface area contributed by atoms with Gasteiger partial charge in [-0.3, -0.25) is 10.0 Å². The molecule has 0 aromatic heterocycles. The third-order valence-electron chi connectivity index (χ3n) is 3.61. The molecule has 0 aliphatic heterocycles. The largest absolute Gasteiger partial charge is 0.508 e. The van der Waals surface area contributed by atoms with E-state index in [4.69, 9.17) is 5.21 Å². The van der Waals surface area contributed by atoms with E-state index in [1.165, 1.54) is 12.1 Å². The Morgan fingerprint density at radius 1 is 1.28 bits per heavy atom. The zero-order chi connectivity index (χ0) is 13.1. The maximum Gasteiger partial charge on any atom is 0.246 e. The number of carbonyl (C=O) groups is 1. The minimum Gasteiger partial charge on any atom is -0.508 e. The number of amides is 1. The van der Waals surface area contributed by atoms with Gasteiger partial charge in [-0.1, -0.05) is 12.5 Å². The number of aromatic hydroxyl groups is 2. The average Bonchev–Trinajstić information content (AvgIpc) is 2.38. The predicted molar refractivity (Wildman–Crippen MR) is 64.4 cm³/mol. The van der Waals surface area contributed by atoms with E-state index in [0.29, 0.717) is 6.42 Å². The summed E-state index contributed by atoms with van der Waals surface area (Å²) in [5, 5.41) is 27.7. The summed E-state index contributed by atoms with van der Waals surface area (Å²) in [5.74, 6) is -0.414. The molecule has 5 heteroatoms. The Morgan fingerprint density at radius 3 is 2.72 bits per heavy atom. The summed E-state index contributed by atoms with van der Waals surface area (Å²) in [6.45, 7) is 0. The summed E-state index contributed by atoms with van der Waals surface area (Å²) >= 11 is 0. The molecule has 1 saturated carbocycles. The van der Waals surface area contributed by atoms with E-state index in [0.717, 1.165) is 24.8 Å². The Kier molecular flexibility index (Phi) is 3.72. The quantitative estimate of drug-likeness (QED) is 0.477. The van der Waals surface area contributed by atoms with Crippen LogP contribution < -0.4 is 5.48 Å². The SMILES string of the molecule is O=C(NO)C1CCCC(c2ccc(O)cc2O)C1. The van der Waals surface area contributed by atoms with Gasteiger partial charge in [0.15, 0.2) is 0 Å². The van der Waals surface area contributed by atoms with Gasteiger partial charge in [-0.05, 0) is 36.8 Å². The van der Waals surface area contributed by atoms with Gasteiger partial charge in [-0.25, -0.2) is 5.48 Å². The van der Waals surface area contributed by atoms with E-state index in [-0.39, 0.29) is 29.2 Å². The number of carbonyl (C=O) groups excluding carboxylic acids is 1. The smallest absolute Gasteiger partial charge is 0.246 e. The molecule has 98 valence electrons. The van der Waals surface area contributed by atoms with Crippen LogP contribution in [-0.4, -0.2) is 21.3 Å². The van der Waals surface area contributed by atoms with Crippen LogP contribution in [0.1, 0.15) is 37.2 Å². The van der Waals surface area contributed by atoms with E-state index in [2.05, 4.69) is 0 Å². The average molecular weight is 251 g/mol. The van der Waals surface area contributed by atoms with Crippen molar-refractivity contribution >= 4 is 5.91 Å². The first-order valence-corrected chi connectivity index (χ1v) is 6.07. The van der Waals surface area contributed by atoms with Gasteiger partial charge in [0.2, 0.25) is 5.91 Å². The number of hydrogen-bond donors (Lipinski definition) is 4. The summed E-state index contributed by atoms with van der Waals surface area (Å²) in [7, 11) is 0. The number of hydroxylamine groups is 1. The Balaban J connectivity index is 2.15. The van der Waals surface area contributed by atoms with Crippen LogP contribution in [0, 0.1) is 5.92 Å². The summed E-state index contributed by atoms with van der Waals surface area (Å²) in [5.41, 5.74) is 2.44. The van der Waals surface area contributed by atoms with Gasteiger partial charge in [-0.15, -0.1) is 0 Å². The van der Waals surface area contributed by atoms with Crippen LogP contribution in [0.25, 0.3) is 0 Å². The second-order valence-corrected chi connectivity index (χ2v) is 4.78. The van der Waals surface area contributed by atoms with Gasteiger partial charge in [-0.2, -0.15) is 0 Å². The molecule has 0 radical (unpaired) electrons. The molecule has 0 saturated heterocycles.